The Balaban J connectivity index is 1.52. The Hall–Kier alpha value is -2.73. The summed E-state index contributed by atoms with van der Waals surface area (Å²) in [5.41, 5.74) is 0.522. The maximum absolute atomic E-state index is 12.0. The summed E-state index contributed by atoms with van der Waals surface area (Å²) in [6.45, 7) is 3.73. The molecule has 132 valence electrons. The molecular formula is C19H21NO5. The first-order chi connectivity index (χ1) is 11.9. The van der Waals surface area contributed by atoms with Crippen molar-refractivity contribution in [3.8, 4) is 17.2 Å². The highest BCUT2D eigenvalue weighted by Crippen LogP contribution is 2.35. The lowest BCUT2D eigenvalue weighted by molar-refractivity contribution is -0.124. The van der Waals surface area contributed by atoms with Crippen molar-refractivity contribution >= 4 is 5.91 Å². The predicted molar refractivity (Wildman–Crippen MR) is 91.8 cm³/mol. The van der Waals surface area contributed by atoms with E-state index < -0.39 is 5.60 Å². The van der Waals surface area contributed by atoms with Gasteiger partial charge in [0.15, 0.2) is 18.1 Å². The van der Waals surface area contributed by atoms with Crippen LogP contribution in [0.3, 0.4) is 0 Å². The molecule has 0 aromatic heterocycles. The summed E-state index contributed by atoms with van der Waals surface area (Å²) in [6, 6.07) is 12.7. The first kappa shape index (κ1) is 17.1. The Kier molecular flexibility index (Phi) is 4.81. The van der Waals surface area contributed by atoms with Crippen LogP contribution in [-0.4, -0.2) is 31.0 Å². The van der Waals surface area contributed by atoms with Crippen LogP contribution in [0.1, 0.15) is 18.1 Å². The number of ether oxygens (including phenoxy) is 3. The summed E-state index contributed by atoms with van der Waals surface area (Å²) < 4.78 is 16.0. The van der Waals surface area contributed by atoms with Gasteiger partial charge in [-0.05, 0) is 43.7 Å². The third kappa shape index (κ3) is 4.22. The monoisotopic (exact) mass is 343 g/mol. The van der Waals surface area contributed by atoms with E-state index in [1.54, 1.807) is 25.1 Å². The van der Waals surface area contributed by atoms with Gasteiger partial charge in [0.05, 0.1) is 6.54 Å². The van der Waals surface area contributed by atoms with Gasteiger partial charge in [0.1, 0.15) is 11.4 Å². The van der Waals surface area contributed by atoms with E-state index in [9.17, 15) is 9.90 Å². The maximum atomic E-state index is 12.0. The van der Waals surface area contributed by atoms with Gasteiger partial charge in [-0.1, -0.05) is 23.8 Å². The molecular weight excluding hydrogens is 322 g/mol. The fraction of sp³-hybridized carbons (Fsp3) is 0.316. The number of nitrogens with one attached hydrogen (secondary N) is 1. The lowest BCUT2D eigenvalue weighted by Gasteiger charge is -2.24. The number of fused-ring (bicyclic) bond motifs is 1. The summed E-state index contributed by atoms with van der Waals surface area (Å²) in [5, 5.41) is 13.3. The van der Waals surface area contributed by atoms with Gasteiger partial charge in [0, 0.05) is 0 Å². The number of carbonyl (C=O) groups excluding carboxylic acids is 1. The first-order valence-electron chi connectivity index (χ1n) is 8.03. The van der Waals surface area contributed by atoms with Crippen molar-refractivity contribution in [3.63, 3.8) is 0 Å². The van der Waals surface area contributed by atoms with Gasteiger partial charge in [-0.25, -0.2) is 0 Å². The number of carbonyl (C=O) groups is 1. The lowest BCUT2D eigenvalue weighted by Crippen LogP contribution is -2.40. The Morgan fingerprint density at radius 3 is 2.68 bits per heavy atom. The fourth-order valence-corrected chi connectivity index (χ4v) is 2.44. The van der Waals surface area contributed by atoms with Crippen LogP contribution in [0.15, 0.2) is 42.5 Å². The normalized spacial score (nSPS) is 14.7. The minimum atomic E-state index is -1.24. The summed E-state index contributed by atoms with van der Waals surface area (Å²) >= 11 is 0. The zero-order chi connectivity index (χ0) is 17.9. The van der Waals surface area contributed by atoms with E-state index in [1.165, 1.54) is 0 Å². The molecule has 1 atom stereocenters. The molecule has 1 unspecified atom stereocenters. The van der Waals surface area contributed by atoms with Crippen LogP contribution in [0.5, 0.6) is 17.2 Å². The van der Waals surface area contributed by atoms with Crippen LogP contribution in [0.25, 0.3) is 0 Å². The van der Waals surface area contributed by atoms with Gasteiger partial charge in [0.25, 0.3) is 5.91 Å². The molecule has 0 saturated carbocycles. The Morgan fingerprint density at radius 2 is 1.92 bits per heavy atom. The van der Waals surface area contributed by atoms with E-state index in [0.29, 0.717) is 22.8 Å². The molecule has 0 radical (unpaired) electrons. The van der Waals surface area contributed by atoms with Crippen LogP contribution in [0, 0.1) is 6.92 Å². The Morgan fingerprint density at radius 1 is 1.20 bits per heavy atom. The van der Waals surface area contributed by atoms with E-state index in [4.69, 9.17) is 14.2 Å². The molecule has 2 aromatic rings. The highest BCUT2D eigenvalue weighted by Gasteiger charge is 2.26. The van der Waals surface area contributed by atoms with E-state index in [1.807, 2.05) is 31.2 Å². The van der Waals surface area contributed by atoms with Crippen molar-refractivity contribution in [2.45, 2.75) is 19.4 Å². The molecule has 0 aliphatic carbocycles. The molecule has 2 N–H and O–H groups in total. The zero-order valence-corrected chi connectivity index (χ0v) is 14.2. The van der Waals surface area contributed by atoms with Gasteiger partial charge in [-0.15, -0.1) is 0 Å². The second-order valence-electron chi connectivity index (χ2n) is 6.22. The van der Waals surface area contributed by atoms with Gasteiger partial charge in [0.2, 0.25) is 6.79 Å². The zero-order valence-electron chi connectivity index (χ0n) is 14.2. The molecule has 0 spiro atoms. The van der Waals surface area contributed by atoms with E-state index >= 15 is 0 Å². The van der Waals surface area contributed by atoms with Crippen LogP contribution >= 0.6 is 0 Å². The second-order valence-corrected chi connectivity index (χ2v) is 6.22. The number of aliphatic hydroxyl groups is 1. The van der Waals surface area contributed by atoms with E-state index in [2.05, 4.69) is 5.32 Å². The molecule has 0 fully saturated rings. The third-order valence-electron chi connectivity index (χ3n) is 4.02. The highest BCUT2D eigenvalue weighted by molar-refractivity contribution is 5.77. The highest BCUT2D eigenvalue weighted by atomic mass is 16.7. The quantitative estimate of drug-likeness (QED) is 0.840. The number of amides is 1. The summed E-state index contributed by atoms with van der Waals surface area (Å²) in [4.78, 5) is 12.0. The molecule has 6 nitrogen and oxygen atoms in total. The molecule has 1 amide bonds. The number of rotatable bonds is 6. The van der Waals surface area contributed by atoms with Crippen LogP contribution in [-0.2, 0) is 10.4 Å². The van der Waals surface area contributed by atoms with Gasteiger partial charge < -0.3 is 24.6 Å². The molecule has 1 aliphatic heterocycles. The van der Waals surface area contributed by atoms with Crippen LogP contribution < -0.4 is 19.5 Å². The molecule has 3 rings (SSSR count). The molecule has 0 bridgehead atoms. The van der Waals surface area contributed by atoms with E-state index in [-0.39, 0.29) is 25.9 Å². The summed E-state index contributed by atoms with van der Waals surface area (Å²) in [5.74, 6) is 1.56. The van der Waals surface area contributed by atoms with Crippen LogP contribution in [0.2, 0.25) is 0 Å². The largest absolute Gasteiger partial charge is 0.484 e. The van der Waals surface area contributed by atoms with Crippen LogP contribution in [0.4, 0.5) is 0 Å². The molecule has 6 heteroatoms. The Bertz CT molecular complexity index is 755. The van der Waals surface area contributed by atoms with E-state index in [0.717, 1.165) is 5.56 Å². The molecule has 0 saturated heterocycles. The minimum absolute atomic E-state index is 0.0583. The second kappa shape index (κ2) is 7.03. The standard InChI is InChI=1S/C19H21NO5/c1-13-3-6-15(7-4-13)23-10-18(21)20-11-19(2,22)14-5-8-16-17(9-14)25-12-24-16/h3-9,22H,10-12H2,1-2H3,(H,20,21). The number of hydrogen-bond acceptors (Lipinski definition) is 5. The van der Waals surface area contributed by atoms with Gasteiger partial charge in [-0.2, -0.15) is 0 Å². The average Bonchev–Trinajstić information content (AvgIpc) is 3.07. The minimum Gasteiger partial charge on any atom is -0.484 e. The number of hydrogen-bond donors (Lipinski definition) is 2. The smallest absolute Gasteiger partial charge is 0.258 e. The maximum Gasteiger partial charge on any atom is 0.258 e. The average molecular weight is 343 g/mol. The SMILES string of the molecule is Cc1ccc(OCC(=O)NCC(C)(O)c2ccc3c(c2)OCO3)cc1. The van der Waals surface area contributed by atoms with Gasteiger partial charge in [-0.3, -0.25) is 4.79 Å². The summed E-state index contributed by atoms with van der Waals surface area (Å²) in [6.07, 6.45) is 0. The first-order valence-corrected chi connectivity index (χ1v) is 8.03. The van der Waals surface area contributed by atoms with Crippen molar-refractivity contribution in [1.82, 2.24) is 5.32 Å². The molecule has 25 heavy (non-hydrogen) atoms. The number of benzene rings is 2. The molecule has 1 heterocycles. The fourth-order valence-electron chi connectivity index (χ4n) is 2.44. The Labute approximate surface area is 146 Å². The van der Waals surface area contributed by atoms with Crippen molar-refractivity contribution in [2.75, 3.05) is 19.9 Å². The summed E-state index contributed by atoms with van der Waals surface area (Å²) in [7, 11) is 0. The molecule has 1 aliphatic rings. The molecule has 2 aromatic carbocycles. The predicted octanol–water partition coefficient (Wildman–Crippen LogP) is 2.13. The third-order valence-corrected chi connectivity index (χ3v) is 4.02. The number of aryl methyl sites for hydroxylation is 1. The van der Waals surface area contributed by atoms with Crippen molar-refractivity contribution in [1.29, 1.82) is 0 Å². The van der Waals surface area contributed by atoms with Gasteiger partial charge >= 0.3 is 0 Å². The van der Waals surface area contributed by atoms with Crippen molar-refractivity contribution in [3.05, 3.63) is 53.6 Å². The van der Waals surface area contributed by atoms with Crippen molar-refractivity contribution in [2.24, 2.45) is 0 Å². The lowest BCUT2D eigenvalue weighted by atomic mass is 9.95. The topological polar surface area (TPSA) is 77.0 Å². The van der Waals surface area contributed by atoms with Crippen molar-refractivity contribution < 1.29 is 24.1 Å².